The zero-order chi connectivity index (χ0) is 13.1. The van der Waals surface area contributed by atoms with E-state index in [2.05, 4.69) is 9.47 Å². The van der Waals surface area contributed by atoms with Crippen LogP contribution in [0, 0.1) is 11.8 Å². The molecule has 0 aromatic carbocycles. The minimum atomic E-state index is -1.40. The van der Waals surface area contributed by atoms with Crippen LogP contribution in [-0.4, -0.2) is 46.2 Å². The van der Waals surface area contributed by atoms with E-state index in [1.807, 2.05) is 0 Å². The average Bonchev–Trinajstić information content (AvgIpc) is 2.76. The fourth-order valence-corrected chi connectivity index (χ4v) is 2.01. The minimum Gasteiger partial charge on any atom is -0.468 e. The van der Waals surface area contributed by atoms with E-state index < -0.39 is 29.6 Å². The lowest BCUT2D eigenvalue weighted by Crippen LogP contribution is -2.50. The maximum Gasteiger partial charge on any atom is 0.318 e. The Kier molecular flexibility index (Phi) is 4.25. The van der Waals surface area contributed by atoms with Crippen LogP contribution in [0.2, 0.25) is 0 Å². The standard InChI is InChI=1S/C11H16O6/c1-14-9(12)7-5-6-8(10(13)15-2)11(7,16-3)17-4/h5-8H,1-4H3/t7-,8+. The first-order valence-corrected chi connectivity index (χ1v) is 5.01. The van der Waals surface area contributed by atoms with Gasteiger partial charge in [-0.3, -0.25) is 9.59 Å². The van der Waals surface area contributed by atoms with Crippen LogP contribution in [0.25, 0.3) is 0 Å². The smallest absolute Gasteiger partial charge is 0.318 e. The summed E-state index contributed by atoms with van der Waals surface area (Å²) in [5.41, 5.74) is 0. The molecule has 6 heteroatoms. The van der Waals surface area contributed by atoms with Crippen LogP contribution in [0.4, 0.5) is 0 Å². The molecule has 0 N–H and O–H groups in total. The summed E-state index contributed by atoms with van der Waals surface area (Å²) in [5.74, 6) is -4.06. The van der Waals surface area contributed by atoms with Gasteiger partial charge in [-0.15, -0.1) is 0 Å². The van der Waals surface area contributed by atoms with Crippen molar-refractivity contribution in [1.29, 1.82) is 0 Å². The van der Waals surface area contributed by atoms with Gasteiger partial charge in [0.2, 0.25) is 5.79 Å². The highest BCUT2D eigenvalue weighted by atomic mass is 16.7. The summed E-state index contributed by atoms with van der Waals surface area (Å²) < 4.78 is 19.8. The zero-order valence-corrected chi connectivity index (χ0v) is 10.3. The summed E-state index contributed by atoms with van der Waals surface area (Å²) in [4.78, 5) is 23.2. The predicted octanol–water partition coefficient (Wildman–Crippen LogP) is 0.124. The fraction of sp³-hybridized carbons (Fsp3) is 0.636. The Labute approximate surface area is 99.5 Å². The molecule has 6 nitrogen and oxygen atoms in total. The molecule has 1 aliphatic carbocycles. The number of rotatable bonds is 4. The van der Waals surface area contributed by atoms with Crippen LogP contribution < -0.4 is 0 Å². The molecule has 0 heterocycles. The number of hydrogen-bond acceptors (Lipinski definition) is 6. The summed E-state index contributed by atoms with van der Waals surface area (Å²) in [6.45, 7) is 0. The van der Waals surface area contributed by atoms with E-state index in [4.69, 9.17) is 9.47 Å². The number of esters is 2. The molecule has 0 bridgehead atoms. The van der Waals surface area contributed by atoms with E-state index in [1.54, 1.807) is 0 Å². The minimum absolute atomic E-state index is 0.531. The molecule has 0 aromatic rings. The van der Waals surface area contributed by atoms with Gasteiger partial charge in [0.15, 0.2) is 0 Å². The first-order valence-electron chi connectivity index (χ1n) is 5.01. The molecular formula is C11H16O6. The van der Waals surface area contributed by atoms with E-state index in [1.165, 1.54) is 40.6 Å². The zero-order valence-electron chi connectivity index (χ0n) is 10.3. The number of hydrogen-bond donors (Lipinski definition) is 0. The lowest BCUT2D eigenvalue weighted by atomic mass is 9.94. The number of carbonyl (C=O) groups excluding carboxylic acids is 2. The molecule has 17 heavy (non-hydrogen) atoms. The Bertz CT molecular complexity index is 303. The fourth-order valence-electron chi connectivity index (χ4n) is 2.01. The summed E-state index contributed by atoms with van der Waals surface area (Å²) in [7, 11) is 5.25. The lowest BCUT2D eigenvalue weighted by Gasteiger charge is -2.34. The van der Waals surface area contributed by atoms with Crippen molar-refractivity contribution < 1.29 is 28.5 Å². The van der Waals surface area contributed by atoms with Gasteiger partial charge in [0.25, 0.3) is 0 Å². The van der Waals surface area contributed by atoms with Crippen LogP contribution in [0.5, 0.6) is 0 Å². The quantitative estimate of drug-likeness (QED) is 0.397. The SMILES string of the molecule is COC(=O)[C@H]1C=C[C@@H](C(=O)OC)C1(OC)OC. The van der Waals surface area contributed by atoms with Gasteiger partial charge in [-0.2, -0.15) is 0 Å². The molecule has 0 saturated heterocycles. The Hall–Kier alpha value is -1.40. The average molecular weight is 244 g/mol. The van der Waals surface area contributed by atoms with Gasteiger partial charge in [0.05, 0.1) is 14.2 Å². The van der Waals surface area contributed by atoms with Gasteiger partial charge in [0, 0.05) is 14.2 Å². The molecule has 0 saturated carbocycles. The number of ether oxygens (including phenoxy) is 4. The first kappa shape index (κ1) is 13.7. The van der Waals surface area contributed by atoms with E-state index in [-0.39, 0.29) is 0 Å². The Balaban J connectivity index is 3.09. The van der Waals surface area contributed by atoms with E-state index >= 15 is 0 Å². The van der Waals surface area contributed by atoms with Gasteiger partial charge < -0.3 is 18.9 Å². The van der Waals surface area contributed by atoms with Crippen molar-refractivity contribution in [3.63, 3.8) is 0 Å². The third-order valence-corrected chi connectivity index (χ3v) is 2.91. The van der Waals surface area contributed by atoms with Crippen molar-refractivity contribution in [2.75, 3.05) is 28.4 Å². The molecule has 0 unspecified atom stereocenters. The monoisotopic (exact) mass is 244 g/mol. The highest BCUT2D eigenvalue weighted by Gasteiger charge is 2.55. The van der Waals surface area contributed by atoms with E-state index in [0.717, 1.165) is 0 Å². The van der Waals surface area contributed by atoms with Gasteiger partial charge in [-0.25, -0.2) is 0 Å². The summed E-state index contributed by atoms with van der Waals surface area (Å²) in [5, 5.41) is 0. The van der Waals surface area contributed by atoms with Crippen LogP contribution >= 0.6 is 0 Å². The molecule has 96 valence electrons. The predicted molar refractivity (Wildman–Crippen MR) is 56.9 cm³/mol. The first-order chi connectivity index (χ1) is 8.07. The normalized spacial score (nSPS) is 25.6. The third-order valence-electron chi connectivity index (χ3n) is 2.91. The van der Waals surface area contributed by atoms with Crippen LogP contribution in [-0.2, 0) is 28.5 Å². The van der Waals surface area contributed by atoms with Crippen molar-refractivity contribution in [2.24, 2.45) is 11.8 Å². The lowest BCUT2D eigenvalue weighted by molar-refractivity contribution is -0.250. The topological polar surface area (TPSA) is 71.1 Å². The third kappa shape index (κ3) is 2.05. The van der Waals surface area contributed by atoms with Gasteiger partial charge >= 0.3 is 11.9 Å². The van der Waals surface area contributed by atoms with Gasteiger partial charge in [-0.05, 0) is 0 Å². The van der Waals surface area contributed by atoms with E-state index in [0.29, 0.717) is 0 Å². The molecule has 2 atom stereocenters. The molecule has 0 fully saturated rings. The van der Waals surface area contributed by atoms with Crippen molar-refractivity contribution in [3.8, 4) is 0 Å². The van der Waals surface area contributed by atoms with Crippen molar-refractivity contribution in [2.45, 2.75) is 5.79 Å². The highest BCUT2D eigenvalue weighted by molar-refractivity contribution is 5.83. The number of methoxy groups -OCH3 is 4. The van der Waals surface area contributed by atoms with Gasteiger partial charge in [0.1, 0.15) is 11.8 Å². The Morgan fingerprint density at radius 1 is 0.882 bits per heavy atom. The maximum absolute atomic E-state index is 11.6. The van der Waals surface area contributed by atoms with Crippen molar-refractivity contribution >= 4 is 11.9 Å². The number of carbonyl (C=O) groups is 2. The molecule has 1 aliphatic rings. The molecule has 0 amide bonds. The second-order valence-corrected chi connectivity index (χ2v) is 3.52. The van der Waals surface area contributed by atoms with Crippen LogP contribution in [0.15, 0.2) is 12.2 Å². The Morgan fingerprint density at radius 3 is 1.47 bits per heavy atom. The van der Waals surface area contributed by atoms with Crippen LogP contribution in [0.1, 0.15) is 0 Å². The Morgan fingerprint density at radius 2 is 1.24 bits per heavy atom. The maximum atomic E-state index is 11.6. The molecule has 0 radical (unpaired) electrons. The molecular weight excluding hydrogens is 228 g/mol. The van der Waals surface area contributed by atoms with Crippen molar-refractivity contribution in [3.05, 3.63) is 12.2 Å². The molecule has 0 aromatic heterocycles. The van der Waals surface area contributed by atoms with Crippen molar-refractivity contribution in [1.82, 2.24) is 0 Å². The van der Waals surface area contributed by atoms with E-state index in [9.17, 15) is 9.59 Å². The largest absolute Gasteiger partial charge is 0.468 e. The molecule has 0 aliphatic heterocycles. The summed E-state index contributed by atoms with van der Waals surface area (Å²) in [6, 6.07) is 0. The second-order valence-electron chi connectivity index (χ2n) is 3.52. The molecule has 1 rings (SSSR count). The molecule has 0 spiro atoms. The van der Waals surface area contributed by atoms with Crippen LogP contribution in [0.3, 0.4) is 0 Å². The summed E-state index contributed by atoms with van der Waals surface area (Å²) >= 11 is 0. The summed E-state index contributed by atoms with van der Waals surface area (Å²) in [6.07, 6.45) is 3.06. The van der Waals surface area contributed by atoms with Gasteiger partial charge in [-0.1, -0.05) is 12.2 Å². The second kappa shape index (κ2) is 5.29. The highest BCUT2D eigenvalue weighted by Crippen LogP contribution is 2.40.